The van der Waals surface area contributed by atoms with Gasteiger partial charge in [-0.1, -0.05) is 20.3 Å². The number of carbonyl (C=O) groups is 2. The molecular formula is C11H22N2O3. The molecule has 0 heterocycles. The summed E-state index contributed by atoms with van der Waals surface area (Å²) < 4.78 is 4.76. The molecule has 0 aliphatic carbocycles. The third-order valence-electron chi connectivity index (χ3n) is 2.59. The predicted molar refractivity (Wildman–Crippen MR) is 61.7 cm³/mol. The van der Waals surface area contributed by atoms with Crippen LogP contribution >= 0.6 is 0 Å². The zero-order chi connectivity index (χ0) is 12.7. The number of amides is 1. The Morgan fingerprint density at radius 1 is 1.38 bits per heavy atom. The Morgan fingerprint density at radius 2 is 1.94 bits per heavy atom. The fourth-order valence-electron chi connectivity index (χ4n) is 1.23. The van der Waals surface area contributed by atoms with E-state index in [1.807, 2.05) is 13.8 Å². The fourth-order valence-corrected chi connectivity index (χ4v) is 1.23. The van der Waals surface area contributed by atoms with Crippen LogP contribution in [0.3, 0.4) is 0 Å². The lowest BCUT2D eigenvalue weighted by molar-refractivity contribution is -0.148. The van der Waals surface area contributed by atoms with Gasteiger partial charge in [0, 0.05) is 7.05 Å². The van der Waals surface area contributed by atoms with Crippen LogP contribution in [-0.2, 0) is 14.3 Å². The van der Waals surface area contributed by atoms with Crippen LogP contribution in [0.15, 0.2) is 0 Å². The Kier molecular flexibility index (Phi) is 6.72. The Balaban J connectivity index is 4.22. The standard InChI is InChI=1S/C11H22N2O3/c1-5-8(3)10(12)11(15)13(4)7-9(14)16-6-2/h8,10H,5-7,12H2,1-4H3. The molecule has 0 radical (unpaired) electrons. The molecule has 5 nitrogen and oxygen atoms in total. The molecule has 2 atom stereocenters. The summed E-state index contributed by atoms with van der Waals surface area (Å²) in [7, 11) is 1.56. The number of rotatable bonds is 6. The molecule has 0 aliphatic rings. The maximum absolute atomic E-state index is 11.8. The first kappa shape index (κ1) is 14.9. The van der Waals surface area contributed by atoms with Gasteiger partial charge in [-0.05, 0) is 12.8 Å². The van der Waals surface area contributed by atoms with Crippen LogP contribution in [0.4, 0.5) is 0 Å². The first-order chi connectivity index (χ1) is 7.43. The van der Waals surface area contributed by atoms with Crippen LogP contribution in [-0.4, -0.2) is 43.0 Å². The van der Waals surface area contributed by atoms with Crippen molar-refractivity contribution in [3.05, 3.63) is 0 Å². The van der Waals surface area contributed by atoms with Crippen LogP contribution in [0.5, 0.6) is 0 Å². The SMILES string of the molecule is CCOC(=O)CN(C)C(=O)C(N)C(C)CC. The van der Waals surface area contributed by atoms with Crippen molar-refractivity contribution >= 4 is 11.9 Å². The average Bonchev–Trinajstić information content (AvgIpc) is 2.26. The molecular weight excluding hydrogens is 208 g/mol. The Labute approximate surface area is 96.9 Å². The van der Waals surface area contributed by atoms with Crippen LogP contribution in [0.2, 0.25) is 0 Å². The molecule has 2 unspecified atom stereocenters. The molecule has 5 heteroatoms. The van der Waals surface area contributed by atoms with Gasteiger partial charge in [0.2, 0.25) is 5.91 Å². The molecule has 16 heavy (non-hydrogen) atoms. The third kappa shape index (κ3) is 4.61. The minimum absolute atomic E-state index is 0.0448. The highest BCUT2D eigenvalue weighted by molar-refractivity contribution is 5.85. The molecule has 1 amide bonds. The molecule has 0 spiro atoms. The van der Waals surface area contributed by atoms with Gasteiger partial charge >= 0.3 is 5.97 Å². The maximum atomic E-state index is 11.8. The Morgan fingerprint density at radius 3 is 2.38 bits per heavy atom. The second-order valence-corrected chi connectivity index (χ2v) is 3.91. The zero-order valence-corrected chi connectivity index (χ0v) is 10.5. The predicted octanol–water partition coefficient (Wildman–Crippen LogP) is 0.381. The van der Waals surface area contributed by atoms with Crippen molar-refractivity contribution < 1.29 is 14.3 Å². The normalized spacial score (nSPS) is 14.1. The third-order valence-corrected chi connectivity index (χ3v) is 2.59. The molecule has 2 N–H and O–H groups in total. The van der Waals surface area contributed by atoms with Crippen LogP contribution < -0.4 is 5.73 Å². The van der Waals surface area contributed by atoms with Gasteiger partial charge in [0.1, 0.15) is 6.54 Å². The number of nitrogens with two attached hydrogens (primary N) is 1. The van der Waals surface area contributed by atoms with Crippen molar-refractivity contribution in [2.24, 2.45) is 11.7 Å². The molecule has 0 bridgehead atoms. The monoisotopic (exact) mass is 230 g/mol. The van der Waals surface area contributed by atoms with Gasteiger partial charge in [0.05, 0.1) is 12.6 Å². The molecule has 0 aromatic rings. The van der Waals surface area contributed by atoms with E-state index in [9.17, 15) is 9.59 Å². The second kappa shape index (κ2) is 7.22. The van der Waals surface area contributed by atoms with E-state index in [4.69, 9.17) is 10.5 Å². The summed E-state index contributed by atoms with van der Waals surface area (Å²) in [6.45, 7) is 5.89. The number of hydrogen-bond acceptors (Lipinski definition) is 4. The van der Waals surface area contributed by atoms with E-state index in [0.29, 0.717) is 6.61 Å². The number of hydrogen-bond donors (Lipinski definition) is 1. The van der Waals surface area contributed by atoms with E-state index >= 15 is 0 Å². The summed E-state index contributed by atoms with van der Waals surface area (Å²) in [5.74, 6) is -0.519. The highest BCUT2D eigenvalue weighted by Crippen LogP contribution is 2.07. The van der Waals surface area contributed by atoms with Gasteiger partial charge in [0.15, 0.2) is 0 Å². The van der Waals surface area contributed by atoms with E-state index in [-0.39, 0.29) is 18.4 Å². The summed E-state index contributed by atoms with van der Waals surface area (Å²) in [5.41, 5.74) is 5.78. The van der Waals surface area contributed by atoms with Crippen molar-refractivity contribution in [1.29, 1.82) is 0 Å². The van der Waals surface area contributed by atoms with Crippen LogP contribution in [0.1, 0.15) is 27.2 Å². The van der Waals surface area contributed by atoms with E-state index in [2.05, 4.69) is 0 Å². The molecule has 0 rings (SSSR count). The van der Waals surface area contributed by atoms with Crippen molar-refractivity contribution in [2.75, 3.05) is 20.2 Å². The maximum Gasteiger partial charge on any atom is 0.325 e. The number of esters is 1. The van der Waals surface area contributed by atoms with Crippen molar-refractivity contribution in [3.63, 3.8) is 0 Å². The van der Waals surface area contributed by atoms with E-state index in [1.165, 1.54) is 4.90 Å². The van der Waals surface area contributed by atoms with Crippen molar-refractivity contribution in [1.82, 2.24) is 4.90 Å². The quantitative estimate of drug-likeness (QED) is 0.670. The van der Waals surface area contributed by atoms with E-state index in [1.54, 1.807) is 14.0 Å². The summed E-state index contributed by atoms with van der Waals surface area (Å²) in [5, 5.41) is 0. The molecule has 0 saturated heterocycles. The van der Waals surface area contributed by atoms with Crippen LogP contribution in [0.25, 0.3) is 0 Å². The van der Waals surface area contributed by atoms with Gasteiger partial charge in [-0.2, -0.15) is 0 Å². The summed E-state index contributed by atoms with van der Waals surface area (Å²) in [4.78, 5) is 24.3. The summed E-state index contributed by atoms with van der Waals surface area (Å²) in [6.07, 6.45) is 0.833. The average molecular weight is 230 g/mol. The Bertz CT molecular complexity index is 243. The largest absolute Gasteiger partial charge is 0.465 e. The lowest BCUT2D eigenvalue weighted by Gasteiger charge is -2.23. The number of ether oxygens (including phenoxy) is 1. The summed E-state index contributed by atoms with van der Waals surface area (Å²) in [6, 6.07) is -0.551. The minimum atomic E-state index is -0.551. The molecule has 0 aliphatic heterocycles. The van der Waals surface area contributed by atoms with Crippen molar-refractivity contribution in [2.45, 2.75) is 33.2 Å². The minimum Gasteiger partial charge on any atom is -0.465 e. The van der Waals surface area contributed by atoms with Gasteiger partial charge in [-0.25, -0.2) is 0 Å². The number of nitrogens with zero attached hydrogens (tertiary/aromatic N) is 1. The van der Waals surface area contributed by atoms with Crippen LogP contribution in [0, 0.1) is 5.92 Å². The van der Waals surface area contributed by atoms with E-state index < -0.39 is 12.0 Å². The second-order valence-electron chi connectivity index (χ2n) is 3.91. The first-order valence-corrected chi connectivity index (χ1v) is 5.60. The van der Waals surface area contributed by atoms with E-state index in [0.717, 1.165) is 6.42 Å². The molecule has 0 aromatic carbocycles. The van der Waals surface area contributed by atoms with Gasteiger partial charge in [-0.15, -0.1) is 0 Å². The fraction of sp³-hybridized carbons (Fsp3) is 0.818. The summed E-state index contributed by atoms with van der Waals surface area (Å²) >= 11 is 0. The molecule has 0 saturated carbocycles. The highest BCUT2D eigenvalue weighted by Gasteiger charge is 2.24. The smallest absolute Gasteiger partial charge is 0.325 e. The zero-order valence-electron chi connectivity index (χ0n) is 10.5. The molecule has 0 fully saturated rings. The highest BCUT2D eigenvalue weighted by atomic mass is 16.5. The molecule has 0 aromatic heterocycles. The first-order valence-electron chi connectivity index (χ1n) is 5.60. The van der Waals surface area contributed by atoms with Gasteiger partial charge in [0.25, 0.3) is 0 Å². The number of carbonyl (C=O) groups excluding carboxylic acids is 2. The number of likely N-dealkylation sites (N-methyl/N-ethyl adjacent to an activating group) is 1. The molecule has 94 valence electrons. The lowest BCUT2D eigenvalue weighted by atomic mass is 9.99. The topological polar surface area (TPSA) is 72.6 Å². The Hall–Kier alpha value is -1.10. The van der Waals surface area contributed by atoms with Gasteiger partial charge < -0.3 is 15.4 Å². The lowest BCUT2D eigenvalue weighted by Crippen LogP contribution is -2.47. The van der Waals surface area contributed by atoms with Crippen molar-refractivity contribution in [3.8, 4) is 0 Å². The van der Waals surface area contributed by atoms with Gasteiger partial charge in [-0.3, -0.25) is 9.59 Å².